The van der Waals surface area contributed by atoms with E-state index >= 15 is 0 Å². The molecule has 1 N–H and O–H groups in total. The van der Waals surface area contributed by atoms with Crippen LogP contribution in [0.4, 0.5) is 0 Å². The second kappa shape index (κ2) is 9.39. The second-order valence-corrected chi connectivity index (χ2v) is 7.51. The van der Waals surface area contributed by atoms with Crippen molar-refractivity contribution in [2.24, 2.45) is 16.3 Å². The van der Waals surface area contributed by atoms with Crippen molar-refractivity contribution in [1.29, 1.82) is 0 Å². The van der Waals surface area contributed by atoms with Crippen molar-refractivity contribution in [3.8, 4) is 0 Å². The Bertz CT molecular complexity index is 480. The van der Waals surface area contributed by atoms with Gasteiger partial charge < -0.3 is 19.9 Å². The van der Waals surface area contributed by atoms with Gasteiger partial charge in [-0.25, -0.2) is 0 Å². The van der Waals surface area contributed by atoms with Crippen molar-refractivity contribution in [2.45, 2.75) is 52.7 Å². The zero-order valence-corrected chi connectivity index (χ0v) is 18.9. The van der Waals surface area contributed by atoms with Gasteiger partial charge in [0.1, 0.15) is 0 Å². The average molecular weight is 466 g/mol. The third-order valence-corrected chi connectivity index (χ3v) is 5.68. The van der Waals surface area contributed by atoms with Crippen LogP contribution in [-0.4, -0.2) is 74.1 Å². The fraction of sp³-hybridized carbons (Fsp3) is 0.889. The summed E-state index contributed by atoms with van der Waals surface area (Å²) in [5.74, 6) is 1.46. The Balaban J connectivity index is 0.00000312. The molecule has 1 saturated heterocycles. The lowest BCUT2D eigenvalue weighted by Gasteiger charge is -2.60. The molecule has 3 atom stereocenters. The summed E-state index contributed by atoms with van der Waals surface area (Å²) in [6.45, 7) is 11.2. The van der Waals surface area contributed by atoms with E-state index in [9.17, 15) is 4.79 Å². The molecule has 6 nitrogen and oxygen atoms in total. The lowest BCUT2D eigenvalue weighted by molar-refractivity contribution is -0.188. The third kappa shape index (κ3) is 4.59. The van der Waals surface area contributed by atoms with Gasteiger partial charge in [0.25, 0.3) is 0 Å². The van der Waals surface area contributed by atoms with Crippen LogP contribution in [0, 0.1) is 11.3 Å². The first-order valence-corrected chi connectivity index (χ1v) is 9.20. The molecule has 1 aliphatic carbocycles. The fourth-order valence-corrected chi connectivity index (χ4v) is 4.25. The number of likely N-dealkylation sites (N-methyl/N-ethyl adjacent to an activating group) is 2. The van der Waals surface area contributed by atoms with Gasteiger partial charge in [-0.1, -0.05) is 13.8 Å². The highest BCUT2D eigenvalue weighted by molar-refractivity contribution is 14.0. The average Bonchev–Trinajstić information content (AvgIpc) is 2.56. The van der Waals surface area contributed by atoms with Crippen LogP contribution >= 0.6 is 24.0 Å². The van der Waals surface area contributed by atoms with Crippen molar-refractivity contribution in [2.75, 3.05) is 40.3 Å². The monoisotopic (exact) mass is 466 g/mol. The van der Waals surface area contributed by atoms with E-state index in [1.165, 1.54) is 6.42 Å². The second-order valence-electron chi connectivity index (χ2n) is 7.51. The summed E-state index contributed by atoms with van der Waals surface area (Å²) in [5, 5.41) is 3.60. The number of aliphatic imine (C=N–C) groups is 1. The van der Waals surface area contributed by atoms with Gasteiger partial charge in [0, 0.05) is 51.2 Å². The molecule has 146 valence electrons. The van der Waals surface area contributed by atoms with Crippen LogP contribution in [0.15, 0.2) is 4.99 Å². The highest BCUT2D eigenvalue weighted by Crippen LogP contribution is 2.51. The first-order valence-electron chi connectivity index (χ1n) is 9.20. The van der Waals surface area contributed by atoms with Crippen LogP contribution in [0.1, 0.15) is 40.5 Å². The number of ether oxygens (including phenoxy) is 1. The Kier molecular flexibility index (Phi) is 8.44. The number of nitrogens with zero attached hydrogens (tertiary/aromatic N) is 3. The molecule has 7 heteroatoms. The van der Waals surface area contributed by atoms with Crippen LogP contribution in [0.25, 0.3) is 0 Å². The van der Waals surface area contributed by atoms with Crippen molar-refractivity contribution < 1.29 is 9.53 Å². The zero-order valence-electron chi connectivity index (χ0n) is 16.5. The Hall–Kier alpha value is -0.570. The first kappa shape index (κ1) is 22.5. The minimum Gasteiger partial charge on any atom is -0.377 e. The van der Waals surface area contributed by atoms with Crippen LogP contribution < -0.4 is 5.32 Å². The summed E-state index contributed by atoms with van der Waals surface area (Å²) >= 11 is 0. The first-order chi connectivity index (χ1) is 11.4. The standard InChI is InChI=1S/C18H34N4O2.HI/c1-7-22(8-2)14(23)12-21(6)17(19-5)20-15-13-10-9-11-24-16(13)18(15,3)4;/h13,15-16H,7-12H2,1-6H3,(H,19,20);1H. The normalized spacial score (nSPS) is 27.4. The molecular weight excluding hydrogens is 431 g/mol. The molecule has 2 fully saturated rings. The van der Waals surface area contributed by atoms with E-state index in [2.05, 4.69) is 24.2 Å². The molecule has 0 aromatic carbocycles. The molecule has 0 bridgehead atoms. The Morgan fingerprint density at radius 1 is 1.32 bits per heavy atom. The van der Waals surface area contributed by atoms with Crippen molar-refractivity contribution in [3.05, 3.63) is 0 Å². The smallest absolute Gasteiger partial charge is 0.242 e. The minimum absolute atomic E-state index is 0. The molecule has 0 spiro atoms. The number of fused-ring (bicyclic) bond motifs is 1. The number of halogens is 1. The summed E-state index contributed by atoms with van der Waals surface area (Å²) in [4.78, 5) is 20.5. The van der Waals surface area contributed by atoms with Crippen molar-refractivity contribution >= 4 is 35.8 Å². The SMILES string of the molecule is CCN(CC)C(=O)CN(C)C(=NC)NC1C2CCCOC2C1(C)C.I. The molecule has 0 aromatic heterocycles. The van der Waals surface area contributed by atoms with Crippen LogP contribution in [0.5, 0.6) is 0 Å². The van der Waals surface area contributed by atoms with E-state index in [1.54, 1.807) is 7.05 Å². The zero-order chi connectivity index (χ0) is 17.9. The quantitative estimate of drug-likeness (QED) is 0.384. The maximum atomic E-state index is 12.3. The largest absolute Gasteiger partial charge is 0.377 e. The number of hydrogen-bond acceptors (Lipinski definition) is 3. The summed E-state index contributed by atoms with van der Waals surface area (Å²) in [5.41, 5.74) is 0.0880. The van der Waals surface area contributed by atoms with Gasteiger partial charge >= 0.3 is 0 Å². The molecule has 0 aromatic rings. The van der Waals surface area contributed by atoms with Gasteiger partial charge in [0.05, 0.1) is 12.6 Å². The number of carbonyl (C=O) groups excluding carboxylic acids is 1. The van der Waals surface area contributed by atoms with Crippen LogP contribution in [0.2, 0.25) is 0 Å². The highest BCUT2D eigenvalue weighted by atomic mass is 127. The maximum Gasteiger partial charge on any atom is 0.242 e. The number of nitrogens with one attached hydrogen (secondary N) is 1. The number of amides is 1. The molecule has 25 heavy (non-hydrogen) atoms. The van der Waals surface area contributed by atoms with Gasteiger partial charge in [-0.2, -0.15) is 0 Å². The predicted molar refractivity (Wildman–Crippen MR) is 113 cm³/mol. The predicted octanol–water partition coefficient (Wildman–Crippen LogP) is 2.18. The van der Waals surface area contributed by atoms with E-state index < -0.39 is 0 Å². The number of hydrogen-bond donors (Lipinski definition) is 1. The van der Waals surface area contributed by atoms with Crippen molar-refractivity contribution in [1.82, 2.24) is 15.1 Å². The number of rotatable bonds is 5. The van der Waals surface area contributed by atoms with Gasteiger partial charge in [0.2, 0.25) is 5.91 Å². The van der Waals surface area contributed by atoms with E-state index in [0.717, 1.165) is 32.1 Å². The highest BCUT2D eigenvalue weighted by Gasteiger charge is 2.58. The van der Waals surface area contributed by atoms with E-state index in [1.807, 2.05) is 30.7 Å². The summed E-state index contributed by atoms with van der Waals surface area (Å²) in [6.07, 6.45) is 2.67. The Morgan fingerprint density at radius 3 is 2.52 bits per heavy atom. The molecule has 0 radical (unpaired) electrons. The molecule has 2 aliphatic rings. The molecule has 1 heterocycles. The van der Waals surface area contributed by atoms with Crippen molar-refractivity contribution in [3.63, 3.8) is 0 Å². The lowest BCUT2D eigenvalue weighted by atomic mass is 9.55. The van der Waals surface area contributed by atoms with E-state index in [4.69, 9.17) is 4.74 Å². The molecule has 3 unspecified atom stereocenters. The lowest BCUT2D eigenvalue weighted by Crippen LogP contribution is -2.71. The van der Waals surface area contributed by atoms with Gasteiger partial charge in [-0.15, -0.1) is 24.0 Å². The molecule has 1 aliphatic heterocycles. The number of guanidine groups is 1. The van der Waals surface area contributed by atoms with Gasteiger partial charge in [-0.05, 0) is 26.7 Å². The Morgan fingerprint density at radius 2 is 1.96 bits per heavy atom. The molecular formula is C18H35IN4O2. The molecule has 1 amide bonds. The topological polar surface area (TPSA) is 57.2 Å². The van der Waals surface area contributed by atoms with E-state index in [-0.39, 0.29) is 35.3 Å². The minimum atomic E-state index is 0. The summed E-state index contributed by atoms with van der Waals surface area (Å²) in [7, 11) is 3.71. The summed E-state index contributed by atoms with van der Waals surface area (Å²) in [6, 6.07) is 0.340. The Labute approximate surface area is 169 Å². The third-order valence-electron chi connectivity index (χ3n) is 5.68. The molecule has 1 saturated carbocycles. The van der Waals surface area contributed by atoms with Gasteiger partial charge in [-0.3, -0.25) is 9.79 Å². The van der Waals surface area contributed by atoms with Crippen LogP contribution in [0.3, 0.4) is 0 Å². The fourth-order valence-electron chi connectivity index (χ4n) is 4.25. The van der Waals surface area contributed by atoms with Gasteiger partial charge in [0.15, 0.2) is 5.96 Å². The van der Waals surface area contributed by atoms with Crippen LogP contribution in [-0.2, 0) is 9.53 Å². The number of carbonyl (C=O) groups is 1. The maximum absolute atomic E-state index is 12.3. The van der Waals surface area contributed by atoms with E-state index in [0.29, 0.717) is 24.6 Å². The summed E-state index contributed by atoms with van der Waals surface area (Å²) < 4.78 is 5.97. The molecule has 2 rings (SSSR count).